The van der Waals surface area contributed by atoms with Crippen molar-refractivity contribution in [3.63, 3.8) is 0 Å². The van der Waals surface area contributed by atoms with Crippen LogP contribution in [0.1, 0.15) is 49.1 Å². The molecular formula is C38H37FN2O8S. The van der Waals surface area contributed by atoms with Crippen molar-refractivity contribution in [1.82, 2.24) is 4.57 Å². The highest BCUT2D eigenvalue weighted by Crippen LogP contribution is 2.36. The maximum absolute atomic E-state index is 14.2. The van der Waals surface area contributed by atoms with Crippen LogP contribution in [0.2, 0.25) is 0 Å². The molecule has 4 aromatic rings. The molecule has 5 rings (SSSR count). The fourth-order valence-electron chi connectivity index (χ4n) is 5.45. The molecule has 1 aliphatic rings. The fraction of sp³-hybridized carbons (Fsp3) is 0.263. The van der Waals surface area contributed by atoms with Crippen LogP contribution in [0.4, 0.5) is 4.39 Å². The Morgan fingerprint density at radius 3 is 2.48 bits per heavy atom. The number of allylic oxidation sites excluding steroid dienone is 2. The summed E-state index contributed by atoms with van der Waals surface area (Å²) in [7, 11) is 1.26. The Morgan fingerprint density at radius 1 is 0.980 bits per heavy atom. The molecule has 0 amide bonds. The summed E-state index contributed by atoms with van der Waals surface area (Å²) in [5.41, 5.74) is 2.79. The highest BCUT2D eigenvalue weighted by molar-refractivity contribution is 7.07. The Morgan fingerprint density at radius 2 is 1.76 bits per heavy atom. The van der Waals surface area contributed by atoms with E-state index in [1.54, 1.807) is 75.4 Å². The Hall–Kier alpha value is -5.49. The number of carbonyl (C=O) groups is 2. The van der Waals surface area contributed by atoms with E-state index in [1.165, 1.54) is 29.1 Å². The second-order valence-corrected chi connectivity index (χ2v) is 12.1. The smallest absolute Gasteiger partial charge is 0.343 e. The molecule has 1 aliphatic heterocycles. The molecule has 50 heavy (non-hydrogen) atoms. The zero-order chi connectivity index (χ0) is 35.8. The molecule has 0 unspecified atom stereocenters. The Kier molecular flexibility index (Phi) is 11.7. The molecule has 0 bridgehead atoms. The minimum Gasteiger partial charge on any atom is -0.490 e. The lowest BCUT2D eigenvalue weighted by molar-refractivity contribution is -0.143. The third-order valence-corrected chi connectivity index (χ3v) is 8.74. The van der Waals surface area contributed by atoms with Gasteiger partial charge in [-0.2, -0.15) is 0 Å². The van der Waals surface area contributed by atoms with Gasteiger partial charge >= 0.3 is 11.9 Å². The minimum absolute atomic E-state index is 0.0559. The zero-order valence-electron chi connectivity index (χ0n) is 28.2. The predicted octanol–water partition coefficient (Wildman–Crippen LogP) is 5.20. The fourth-order valence-corrected chi connectivity index (χ4v) is 6.50. The van der Waals surface area contributed by atoms with Crippen molar-refractivity contribution in [2.24, 2.45) is 4.99 Å². The number of esters is 2. The Labute approximate surface area is 292 Å². The number of halogens is 1. The minimum atomic E-state index is -0.896. The standard InChI is InChI=1S/C38H37FN2O8S/c1-6-11-25-18-24(14-16-29(25)48-21-27-12-9-10-13-28(27)39)19-32-36(43)41-35(34(37(44)47-8-3)23(4)40-38(41)50-32)26-15-17-30(31(20-26)46-7-2)49-22-33(42)45-5/h6,9-10,12-20,35H,1,7-8,11,21-22H2,2-5H3/b32-19-/t35-/m1/s1. The van der Waals surface area contributed by atoms with Gasteiger partial charge in [-0.1, -0.05) is 47.7 Å². The molecule has 1 aromatic heterocycles. The molecule has 0 fully saturated rings. The van der Waals surface area contributed by atoms with Gasteiger partial charge in [-0.05, 0) is 80.3 Å². The van der Waals surface area contributed by atoms with E-state index in [9.17, 15) is 18.8 Å². The van der Waals surface area contributed by atoms with Crippen molar-refractivity contribution in [2.45, 2.75) is 39.8 Å². The molecule has 12 heteroatoms. The van der Waals surface area contributed by atoms with E-state index < -0.39 is 18.0 Å². The topological polar surface area (TPSA) is 115 Å². The van der Waals surface area contributed by atoms with Crippen molar-refractivity contribution in [1.29, 1.82) is 0 Å². The van der Waals surface area contributed by atoms with Crippen LogP contribution in [-0.2, 0) is 32.1 Å². The van der Waals surface area contributed by atoms with Crippen LogP contribution in [-0.4, -0.2) is 43.4 Å². The summed E-state index contributed by atoms with van der Waals surface area (Å²) >= 11 is 1.19. The first-order valence-corrected chi connectivity index (χ1v) is 16.8. The lowest BCUT2D eigenvalue weighted by Crippen LogP contribution is -2.40. The van der Waals surface area contributed by atoms with Gasteiger partial charge in [0.25, 0.3) is 5.56 Å². The van der Waals surface area contributed by atoms with Gasteiger partial charge in [-0.15, -0.1) is 6.58 Å². The van der Waals surface area contributed by atoms with E-state index in [4.69, 9.17) is 18.9 Å². The molecule has 0 radical (unpaired) electrons. The molecule has 0 spiro atoms. The molecule has 0 saturated carbocycles. The summed E-state index contributed by atoms with van der Waals surface area (Å²) in [6, 6.07) is 16.0. The van der Waals surface area contributed by atoms with Crippen molar-refractivity contribution in [3.05, 3.63) is 132 Å². The highest BCUT2D eigenvalue weighted by atomic mass is 32.1. The van der Waals surface area contributed by atoms with Crippen LogP contribution in [0.25, 0.3) is 6.08 Å². The Balaban J connectivity index is 1.58. The van der Waals surface area contributed by atoms with Crippen LogP contribution in [0.5, 0.6) is 17.2 Å². The number of hydrogen-bond acceptors (Lipinski definition) is 10. The quantitative estimate of drug-likeness (QED) is 0.130. The number of benzene rings is 3. The van der Waals surface area contributed by atoms with E-state index in [2.05, 4.69) is 16.3 Å². The number of methoxy groups -OCH3 is 1. The van der Waals surface area contributed by atoms with Crippen LogP contribution < -0.4 is 29.1 Å². The summed E-state index contributed by atoms with van der Waals surface area (Å²) in [5.74, 6) is -0.318. The number of fused-ring (bicyclic) bond motifs is 1. The van der Waals surface area contributed by atoms with E-state index >= 15 is 0 Å². The SMILES string of the molecule is C=CCc1cc(/C=c2\sc3n(c2=O)[C@H](c2ccc(OCC(=O)OC)c(OCC)c2)C(C(=O)OCC)=C(C)N=3)ccc1OCc1ccccc1F. The van der Waals surface area contributed by atoms with Gasteiger partial charge in [0.05, 0.1) is 42.2 Å². The second-order valence-electron chi connectivity index (χ2n) is 11.0. The zero-order valence-corrected chi connectivity index (χ0v) is 29.0. The van der Waals surface area contributed by atoms with Gasteiger partial charge in [0.1, 0.15) is 18.2 Å². The van der Waals surface area contributed by atoms with Gasteiger partial charge in [0.15, 0.2) is 22.9 Å². The number of aromatic nitrogens is 1. The summed E-state index contributed by atoms with van der Waals surface area (Å²) in [6.07, 6.45) is 3.98. The third kappa shape index (κ3) is 7.86. The number of carbonyl (C=O) groups excluding carboxylic acids is 2. The van der Waals surface area contributed by atoms with Crippen molar-refractivity contribution in [3.8, 4) is 17.2 Å². The molecule has 0 N–H and O–H groups in total. The molecule has 3 aromatic carbocycles. The highest BCUT2D eigenvalue weighted by Gasteiger charge is 2.34. The van der Waals surface area contributed by atoms with Gasteiger partial charge in [0.2, 0.25) is 0 Å². The lowest BCUT2D eigenvalue weighted by atomic mass is 9.95. The summed E-state index contributed by atoms with van der Waals surface area (Å²) in [4.78, 5) is 44.4. The number of rotatable bonds is 14. The predicted molar refractivity (Wildman–Crippen MR) is 187 cm³/mol. The van der Waals surface area contributed by atoms with Gasteiger partial charge < -0.3 is 23.7 Å². The average molecular weight is 701 g/mol. The molecule has 10 nitrogen and oxygen atoms in total. The second kappa shape index (κ2) is 16.3. The number of ether oxygens (including phenoxy) is 5. The maximum atomic E-state index is 14.2. The summed E-state index contributed by atoms with van der Waals surface area (Å²) < 4.78 is 43.6. The lowest BCUT2D eigenvalue weighted by Gasteiger charge is -2.25. The third-order valence-electron chi connectivity index (χ3n) is 7.76. The average Bonchev–Trinajstić information content (AvgIpc) is 3.40. The first-order valence-electron chi connectivity index (χ1n) is 15.9. The molecule has 2 heterocycles. The number of nitrogens with zero attached hydrogens (tertiary/aromatic N) is 2. The van der Waals surface area contributed by atoms with E-state index in [1.807, 2.05) is 12.1 Å². The molecule has 1 atom stereocenters. The van der Waals surface area contributed by atoms with E-state index in [0.29, 0.717) is 56.4 Å². The van der Waals surface area contributed by atoms with Gasteiger partial charge in [0, 0.05) is 5.56 Å². The van der Waals surface area contributed by atoms with Crippen LogP contribution in [0, 0.1) is 5.82 Å². The first-order chi connectivity index (χ1) is 24.2. The largest absolute Gasteiger partial charge is 0.490 e. The number of thiazole rings is 1. The molecule has 260 valence electrons. The van der Waals surface area contributed by atoms with E-state index in [-0.39, 0.29) is 36.8 Å². The monoisotopic (exact) mass is 700 g/mol. The first kappa shape index (κ1) is 35.8. The normalized spacial score (nSPS) is 14.0. The van der Waals surface area contributed by atoms with Crippen LogP contribution >= 0.6 is 11.3 Å². The van der Waals surface area contributed by atoms with Crippen molar-refractivity contribution >= 4 is 29.4 Å². The number of hydrogen-bond donors (Lipinski definition) is 0. The van der Waals surface area contributed by atoms with Crippen molar-refractivity contribution in [2.75, 3.05) is 26.9 Å². The maximum Gasteiger partial charge on any atom is 0.343 e. The van der Waals surface area contributed by atoms with Gasteiger partial charge in [-0.3, -0.25) is 9.36 Å². The van der Waals surface area contributed by atoms with Crippen molar-refractivity contribution < 1.29 is 37.7 Å². The molecule has 0 saturated heterocycles. The Bertz CT molecular complexity index is 2130. The summed E-state index contributed by atoms with van der Waals surface area (Å²) in [6.45, 7) is 9.22. The summed E-state index contributed by atoms with van der Waals surface area (Å²) in [5, 5.41) is 0. The van der Waals surface area contributed by atoms with Gasteiger partial charge in [-0.25, -0.2) is 19.0 Å². The van der Waals surface area contributed by atoms with E-state index in [0.717, 1.165) is 11.1 Å². The molecule has 0 aliphatic carbocycles. The van der Waals surface area contributed by atoms with Crippen LogP contribution in [0.3, 0.4) is 0 Å². The molecular weight excluding hydrogens is 663 g/mol. The van der Waals surface area contributed by atoms with Crippen LogP contribution in [0.15, 0.2) is 94.4 Å².